The van der Waals surface area contributed by atoms with E-state index < -0.39 is 0 Å². The maximum atomic E-state index is 11.5. The van der Waals surface area contributed by atoms with Gasteiger partial charge in [0.15, 0.2) is 0 Å². The number of aryl methyl sites for hydroxylation is 1. The third kappa shape index (κ3) is 3.14. The first-order chi connectivity index (χ1) is 9.15. The fourth-order valence-electron chi connectivity index (χ4n) is 2.78. The number of hydrogen-bond donors (Lipinski definition) is 1. The Hall–Kier alpha value is -1.39. The van der Waals surface area contributed by atoms with Crippen LogP contribution in [0, 0.1) is 0 Å². The molecule has 2 atom stereocenters. The normalized spacial score (nSPS) is 23.7. The monoisotopic (exact) mass is 262 g/mol. The van der Waals surface area contributed by atoms with E-state index in [1.54, 1.807) is 7.11 Å². The smallest absolute Gasteiger partial charge is 0.234 e. The third-order valence-corrected chi connectivity index (χ3v) is 3.90. The minimum absolute atomic E-state index is 0.103. The highest BCUT2D eigenvalue weighted by molar-refractivity contribution is 5.80. The van der Waals surface area contributed by atoms with Crippen molar-refractivity contribution in [2.75, 3.05) is 13.7 Å². The van der Waals surface area contributed by atoms with Crippen LogP contribution >= 0.6 is 0 Å². The number of amides is 1. The molecule has 1 aliphatic rings. The van der Waals surface area contributed by atoms with E-state index in [0.717, 1.165) is 19.5 Å². The van der Waals surface area contributed by atoms with Gasteiger partial charge < -0.3 is 10.5 Å². The van der Waals surface area contributed by atoms with Gasteiger partial charge in [-0.2, -0.15) is 0 Å². The maximum Gasteiger partial charge on any atom is 0.234 e. The first-order valence-electron chi connectivity index (χ1n) is 6.78. The Bertz CT molecular complexity index is 448. The van der Waals surface area contributed by atoms with Crippen molar-refractivity contribution < 1.29 is 9.53 Å². The van der Waals surface area contributed by atoms with Crippen molar-refractivity contribution in [1.82, 2.24) is 4.90 Å². The highest BCUT2D eigenvalue weighted by Gasteiger charge is 2.35. The Labute approximate surface area is 114 Å². The van der Waals surface area contributed by atoms with Gasteiger partial charge >= 0.3 is 0 Å². The van der Waals surface area contributed by atoms with Crippen LogP contribution in [0.15, 0.2) is 24.3 Å². The van der Waals surface area contributed by atoms with Crippen molar-refractivity contribution in [3.8, 4) is 0 Å². The maximum absolute atomic E-state index is 11.5. The van der Waals surface area contributed by atoms with Crippen LogP contribution in [0.25, 0.3) is 0 Å². The predicted molar refractivity (Wildman–Crippen MR) is 74.6 cm³/mol. The summed E-state index contributed by atoms with van der Waals surface area (Å²) < 4.78 is 5.37. The summed E-state index contributed by atoms with van der Waals surface area (Å²) in [6, 6.07) is 8.14. The van der Waals surface area contributed by atoms with Gasteiger partial charge in [-0.25, -0.2) is 0 Å². The van der Waals surface area contributed by atoms with Crippen LogP contribution in [0.5, 0.6) is 0 Å². The second kappa shape index (κ2) is 6.17. The Morgan fingerprint density at radius 3 is 2.68 bits per heavy atom. The molecule has 0 spiro atoms. The minimum Gasteiger partial charge on any atom is -0.380 e. The molecule has 1 amide bonds. The zero-order chi connectivity index (χ0) is 13.8. The number of hydrogen-bond acceptors (Lipinski definition) is 3. The molecule has 2 N–H and O–H groups in total. The highest BCUT2D eigenvalue weighted by Crippen LogP contribution is 2.23. The quantitative estimate of drug-likeness (QED) is 0.871. The van der Waals surface area contributed by atoms with Gasteiger partial charge in [-0.15, -0.1) is 0 Å². The Balaban J connectivity index is 2.14. The minimum atomic E-state index is -0.256. The molecule has 2 rings (SSSR count). The number of rotatable bonds is 5. The van der Waals surface area contributed by atoms with E-state index in [0.29, 0.717) is 6.42 Å². The van der Waals surface area contributed by atoms with Gasteiger partial charge in [-0.1, -0.05) is 31.2 Å². The van der Waals surface area contributed by atoms with Crippen LogP contribution in [-0.4, -0.2) is 36.6 Å². The molecule has 1 aliphatic heterocycles. The lowest BCUT2D eigenvalue weighted by atomic mass is 10.0. The van der Waals surface area contributed by atoms with E-state index in [2.05, 4.69) is 30.0 Å². The van der Waals surface area contributed by atoms with Crippen LogP contribution in [-0.2, 0) is 22.5 Å². The van der Waals surface area contributed by atoms with Gasteiger partial charge in [-0.05, 0) is 24.0 Å². The van der Waals surface area contributed by atoms with E-state index in [9.17, 15) is 4.79 Å². The zero-order valence-electron chi connectivity index (χ0n) is 11.6. The van der Waals surface area contributed by atoms with Crippen molar-refractivity contribution in [1.29, 1.82) is 0 Å². The third-order valence-electron chi connectivity index (χ3n) is 3.90. The summed E-state index contributed by atoms with van der Waals surface area (Å²) in [5.74, 6) is -0.256. The van der Waals surface area contributed by atoms with Gasteiger partial charge in [0.05, 0.1) is 12.1 Å². The van der Waals surface area contributed by atoms with Crippen molar-refractivity contribution in [2.45, 2.75) is 38.5 Å². The lowest BCUT2D eigenvalue weighted by Gasteiger charge is -2.22. The van der Waals surface area contributed by atoms with Crippen molar-refractivity contribution in [3.05, 3.63) is 35.4 Å². The summed E-state index contributed by atoms with van der Waals surface area (Å²) in [6.07, 6.45) is 1.80. The number of carbonyl (C=O) groups excluding carboxylic acids is 1. The first kappa shape index (κ1) is 14.0. The fraction of sp³-hybridized carbons (Fsp3) is 0.533. The number of ether oxygens (including phenoxy) is 1. The van der Waals surface area contributed by atoms with Crippen LogP contribution < -0.4 is 5.73 Å². The van der Waals surface area contributed by atoms with Gasteiger partial charge in [0.1, 0.15) is 0 Å². The average Bonchev–Trinajstić information content (AvgIpc) is 2.82. The SMILES string of the molecule is CCc1ccccc1CN1C[C@@H](OC)C[C@H]1C(N)=O. The van der Waals surface area contributed by atoms with Crippen molar-refractivity contribution >= 4 is 5.91 Å². The number of benzene rings is 1. The van der Waals surface area contributed by atoms with Crippen LogP contribution in [0.1, 0.15) is 24.5 Å². The molecule has 0 saturated carbocycles. The lowest BCUT2D eigenvalue weighted by molar-refractivity contribution is -0.122. The summed E-state index contributed by atoms with van der Waals surface area (Å²) in [5.41, 5.74) is 8.09. The Morgan fingerprint density at radius 2 is 2.11 bits per heavy atom. The molecule has 104 valence electrons. The van der Waals surface area contributed by atoms with E-state index in [-0.39, 0.29) is 18.1 Å². The van der Waals surface area contributed by atoms with Crippen LogP contribution in [0.3, 0.4) is 0 Å². The Kier molecular flexibility index (Phi) is 4.56. The van der Waals surface area contributed by atoms with E-state index in [1.165, 1.54) is 11.1 Å². The molecule has 1 fully saturated rings. The largest absolute Gasteiger partial charge is 0.380 e. The van der Waals surface area contributed by atoms with Gasteiger partial charge in [0.2, 0.25) is 5.91 Å². The molecule has 1 heterocycles. The Morgan fingerprint density at radius 1 is 1.42 bits per heavy atom. The molecular weight excluding hydrogens is 240 g/mol. The molecule has 4 heteroatoms. The van der Waals surface area contributed by atoms with Crippen LogP contribution in [0.2, 0.25) is 0 Å². The molecular formula is C15H22N2O2. The predicted octanol–water partition coefficient (Wildman–Crippen LogP) is 1.32. The topological polar surface area (TPSA) is 55.6 Å². The molecule has 0 radical (unpaired) electrons. The molecule has 0 aliphatic carbocycles. The molecule has 0 aromatic heterocycles. The molecule has 1 saturated heterocycles. The second-order valence-electron chi connectivity index (χ2n) is 5.06. The molecule has 4 nitrogen and oxygen atoms in total. The average molecular weight is 262 g/mol. The number of primary amides is 1. The molecule has 19 heavy (non-hydrogen) atoms. The van der Waals surface area contributed by atoms with Crippen molar-refractivity contribution in [2.24, 2.45) is 5.73 Å². The molecule has 1 aromatic carbocycles. The van der Waals surface area contributed by atoms with Crippen LogP contribution in [0.4, 0.5) is 0 Å². The number of carbonyl (C=O) groups is 1. The van der Waals surface area contributed by atoms with E-state index in [4.69, 9.17) is 10.5 Å². The highest BCUT2D eigenvalue weighted by atomic mass is 16.5. The lowest BCUT2D eigenvalue weighted by Crippen LogP contribution is -2.39. The van der Waals surface area contributed by atoms with Gasteiger partial charge in [0, 0.05) is 20.2 Å². The molecule has 0 unspecified atom stereocenters. The summed E-state index contributed by atoms with van der Waals surface area (Å²) in [7, 11) is 1.69. The zero-order valence-corrected chi connectivity index (χ0v) is 11.6. The number of likely N-dealkylation sites (tertiary alicyclic amines) is 1. The van der Waals surface area contributed by atoms with Gasteiger partial charge in [0.25, 0.3) is 0 Å². The number of nitrogens with two attached hydrogens (primary N) is 1. The molecule has 1 aromatic rings. The summed E-state index contributed by atoms with van der Waals surface area (Å²) in [5, 5.41) is 0. The first-order valence-corrected chi connectivity index (χ1v) is 6.78. The summed E-state index contributed by atoms with van der Waals surface area (Å²) in [6.45, 7) is 3.67. The summed E-state index contributed by atoms with van der Waals surface area (Å²) >= 11 is 0. The fourth-order valence-corrected chi connectivity index (χ4v) is 2.78. The molecule has 0 bridgehead atoms. The van der Waals surface area contributed by atoms with Gasteiger partial charge in [-0.3, -0.25) is 9.69 Å². The standard InChI is InChI=1S/C15H22N2O2/c1-3-11-6-4-5-7-12(11)9-17-10-13(19-2)8-14(17)15(16)18/h4-7,13-14H,3,8-10H2,1-2H3,(H2,16,18)/t13-,14-/m0/s1. The summed E-state index contributed by atoms with van der Waals surface area (Å²) in [4.78, 5) is 13.7. The van der Waals surface area contributed by atoms with E-state index >= 15 is 0 Å². The van der Waals surface area contributed by atoms with E-state index in [1.807, 2.05) is 6.07 Å². The van der Waals surface area contributed by atoms with Crippen molar-refractivity contribution in [3.63, 3.8) is 0 Å². The number of nitrogens with zero attached hydrogens (tertiary/aromatic N) is 1. The second-order valence-corrected chi connectivity index (χ2v) is 5.06. The number of methoxy groups -OCH3 is 1.